The topological polar surface area (TPSA) is 121 Å². The van der Waals surface area contributed by atoms with E-state index in [0.29, 0.717) is 58.3 Å². The molecule has 10 nitrogen and oxygen atoms in total. The summed E-state index contributed by atoms with van der Waals surface area (Å²) < 4.78 is 17.2. The molecular formula is C33H42N4O6. The molecule has 0 aliphatic carbocycles. The summed E-state index contributed by atoms with van der Waals surface area (Å²) in [4.78, 5) is 25.2. The van der Waals surface area contributed by atoms with Gasteiger partial charge in [0.25, 0.3) is 0 Å². The Morgan fingerprint density at radius 2 is 1.56 bits per heavy atom. The molecule has 0 atom stereocenters. The molecule has 1 aliphatic heterocycles. The second kappa shape index (κ2) is 16.7. The van der Waals surface area contributed by atoms with E-state index in [2.05, 4.69) is 16.0 Å². The van der Waals surface area contributed by atoms with Gasteiger partial charge in [0.2, 0.25) is 0 Å². The number of anilines is 1. The molecule has 1 fully saturated rings. The van der Waals surface area contributed by atoms with Crippen molar-refractivity contribution in [2.24, 2.45) is 0 Å². The van der Waals surface area contributed by atoms with Gasteiger partial charge in [0.15, 0.2) is 0 Å². The number of nitrogens with zero attached hydrogens (tertiary/aromatic N) is 1. The first kappa shape index (κ1) is 31.3. The zero-order valence-corrected chi connectivity index (χ0v) is 24.7. The standard InChI is InChI=1S/C33H42N4O6/c1-41-31-24-30(43-23-5-22-42-29-6-3-2-4-7-29)13-10-26(31)15-19-34-32(38)37-20-16-28(17-21-37)36-27-11-8-25(9-12-27)14-18-35-33(39)40/h2-4,6-13,24,28,35-36H,5,14-23H2,1H3,(H,34,38)(H,39,40). The van der Waals surface area contributed by atoms with Gasteiger partial charge in [-0.25, -0.2) is 9.59 Å². The number of carbonyl (C=O) groups excluding carboxylic acids is 1. The van der Waals surface area contributed by atoms with Gasteiger partial charge in [-0.05, 0) is 67.1 Å². The largest absolute Gasteiger partial charge is 0.496 e. The van der Waals surface area contributed by atoms with E-state index in [1.807, 2.05) is 77.7 Å². The summed E-state index contributed by atoms with van der Waals surface area (Å²) in [6, 6.07) is 23.8. The van der Waals surface area contributed by atoms with Crippen LogP contribution in [0.4, 0.5) is 15.3 Å². The molecule has 0 unspecified atom stereocenters. The number of para-hydroxylation sites is 1. The van der Waals surface area contributed by atoms with Crippen LogP contribution in [-0.2, 0) is 12.8 Å². The Labute approximate surface area is 253 Å². The Bertz CT molecular complexity index is 1280. The van der Waals surface area contributed by atoms with Crippen LogP contribution in [0.15, 0.2) is 72.8 Å². The lowest BCUT2D eigenvalue weighted by molar-refractivity contribution is 0.183. The Balaban J connectivity index is 1.11. The number of amides is 3. The number of benzene rings is 3. The van der Waals surface area contributed by atoms with Crippen molar-refractivity contribution in [3.63, 3.8) is 0 Å². The number of piperidine rings is 1. The lowest BCUT2D eigenvalue weighted by atomic mass is 10.0. The molecule has 0 radical (unpaired) electrons. The summed E-state index contributed by atoms with van der Waals surface area (Å²) in [7, 11) is 1.64. The van der Waals surface area contributed by atoms with Crippen LogP contribution >= 0.6 is 0 Å². The van der Waals surface area contributed by atoms with Crippen LogP contribution in [0.25, 0.3) is 0 Å². The second-order valence-corrected chi connectivity index (χ2v) is 10.4. The van der Waals surface area contributed by atoms with Gasteiger partial charge in [-0.1, -0.05) is 36.4 Å². The lowest BCUT2D eigenvalue weighted by Crippen LogP contribution is -2.47. The average molecular weight is 591 g/mol. The molecule has 3 aromatic rings. The summed E-state index contributed by atoms with van der Waals surface area (Å²) >= 11 is 0. The van der Waals surface area contributed by atoms with Crippen molar-refractivity contribution in [3.8, 4) is 17.2 Å². The third-order valence-corrected chi connectivity index (χ3v) is 7.30. The van der Waals surface area contributed by atoms with Gasteiger partial charge < -0.3 is 40.2 Å². The highest BCUT2D eigenvalue weighted by Gasteiger charge is 2.22. The fraction of sp³-hybridized carbons (Fsp3) is 0.394. The minimum Gasteiger partial charge on any atom is -0.496 e. The van der Waals surface area contributed by atoms with E-state index in [-0.39, 0.29) is 6.03 Å². The van der Waals surface area contributed by atoms with Crippen molar-refractivity contribution >= 4 is 17.8 Å². The van der Waals surface area contributed by atoms with Crippen LogP contribution in [0.3, 0.4) is 0 Å². The first-order valence-electron chi connectivity index (χ1n) is 14.8. The highest BCUT2D eigenvalue weighted by atomic mass is 16.5. The van der Waals surface area contributed by atoms with Gasteiger partial charge in [0.1, 0.15) is 17.2 Å². The minimum absolute atomic E-state index is 0.0468. The summed E-state index contributed by atoms with van der Waals surface area (Å²) in [6.45, 7) is 3.40. The molecule has 0 bridgehead atoms. The zero-order valence-electron chi connectivity index (χ0n) is 24.7. The monoisotopic (exact) mass is 590 g/mol. The number of hydrogen-bond acceptors (Lipinski definition) is 6. The molecule has 0 saturated carbocycles. The predicted octanol–water partition coefficient (Wildman–Crippen LogP) is 5.18. The average Bonchev–Trinajstić information content (AvgIpc) is 3.03. The second-order valence-electron chi connectivity index (χ2n) is 10.4. The van der Waals surface area contributed by atoms with Gasteiger partial charge in [-0.2, -0.15) is 0 Å². The molecule has 4 rings (SSSR count). The Morgan fingerprint density at radius 3 is 2.26 bits per heavy atom. The minimum atomic E-state index is -1.01. The number of likely N-dealkylation sites (tertiary alicyclic amines) is 1. The van der Waals surface area contributed by atoms with Crippen LogP contribution in [0.2, 0.25) is 0 Å². The molecule has 10 heteroatoms. The van der Waals surface area contributed by atoms with Crippen molar-refractivity contribution in [1.29, 1.82) is 0 Å². The molecule has 3 amide bonds. The first-order valence-corrected chi connectivity index (χ1v) is 14.8. The Morgan fingerprint density at radius 1 is 0.860 bits per heavy atom. The summed E-state index contributed by atoms with van der Waals surface area (Å²) in [5, 5.41) is 17.7. The van der Waals surface area contributed by atoms with Crippen molar-refractivity contribution < 1.29 is 28.9 Å². The lowest BCUT2D eigenvalue weighted by Gasteiger charge is -2.33. The van der Waals surface area contributed by atoms with E-state index in [4.69, 9.17) is 19.3 Å². The summed E-state index contributed by atoms with van der Waals surface area (Å²) in [5.74, 6) is 2.33. The number of nitrogens with one attached hydrogen (secondary N) is 3. The van der Waals surface area contributed by atoms with Crippen LogP contribution < -0.4 is 30.2 Å². The van der Waals surface area contributed by atoms with Gasteiger partial charge in [-0.3, -0.25) is 0 Å². The third kappa shape index (κ3) is 10.6. The number of urea groups is 1. The molecule has 230 valence electrons. The molecule has 1 aliphatic rings. The molecule has 43 heavy (non-hydrogen) atoms. The summed E-state index contributed by atoms with van der Waals surface area (Å²) in [5.41, 5.74) is 3.11. The normalized spacial score (nSPS) is 13.2. The smallest absolute Gasteiger partial charge is 0.404 e. The maximum absolute atomic E-state index is 12.8. The van der Waals surface area contributed by atoms with Crippen molar-refractivity contribution in [3.05, 3.63) is 83.9 Å². The highest BCUT2D eigenvalue weighted by molar-refractivity contribution is 5.74. The Hall–Kier alpha value is -4.60. The van der Waals surface area contributed by atoms with E-state index < -0.39 is 6.09 Å². The van der Waals surface area contributed by atoms with Gasteiger partial charge in [-0.15, -0.1) is 0 Å². The molecule has 1 heterocycles. The SMILES string of the molecule is COc1cc(OCCCOc2ccccc2)ccc1CCNC(=O)N1CCC(Nc2ccc(CCNC(=O)O)cc2)CC1. The van der Waals surface area contributed by atoms with Crippen LogP contribution in [0.5, 0.6) is 17.2 Å². The van der Waals surface area contributed by atoms with E-state index in [0.717, 1.165) is 53.3 Å². The first-order chi connectivity index (χ1) is 21.0. The fourth-order valence-corrected chi connectivity index (χ4v) is 4.94. The highest BCUT2D eigenvalue weighted by Crippen LogP contribution is 2.25. The zero-order chi connectivity index (χ0) is 30.3. The van der Waals surface area contributed by atoms with Gasteiger partial charge in [0.05, 0.1) is 20.3 Å². The molecule has 0 aromatic heterocycles. The van der Waals surface area contributed by atoms with E-state index in [1.54, 1.807) is 7.11 Å². The Kier molecular flexibility index (Phi) is 12.2. The maximum atomic E-state index is 12.8. The van der Waals surface area contributed by atoms with Crippen LogP contribution in [0.1, 0.15) is 30.4 Å². The van der Waals surface area contributed by atoms with E-state index in [1.165, 1.54) is 0 Å². The third-order valence-electron chi connectivity index (χ3n) is 7.30. The summed E-state index contributed by atoms with van der Waals surface area (Å²) in [6.07, 6.45) is 2.80. The molecule has 4 N–H and O–H groups in total. The number of ether oxygens (including phenoxy) is 3. The maximum Gasteiger partial charge on any atom is 0.404 e. The van der Waals surface area contributed by atoms with Crippen molar-refractivity contribution in [2.75, 3.05) is 51.8 Å². The molecule has 3 aromatic carbocycles. The van der Waals surface area contributed by atoms with Gasteiger partial charge in [0, 0.05) is 50.4 Å². The van der Waals surface area contributed by atoms with Crippen LogP contribution in [-0.4, -0.2) is 74.7 Å². The van der Waals surface area contributed by atoms with Crippen molar-refractivity contribution in [1.82, 2.24) is 15.5 Å². The predicted molar refractivity (Wildman–Crippen MR) is 167 cm³/mol. The van der Waals surface area contributed by atoms with Gasteiger partial charge >= 0.3 is 12.1 Å². The fourth-order valence-electron chi connectivity index (χ4n) is 4.94. The van der Waals surface area contributed by atoms with E-state index >= 15 is 0 Å². The van der Waals surface area contributed by atoms with Crippen molar-refractivity contribution in [2.45, 2.75) is 38.1 Å². The number of rotatable bonds is 15. The number of methoxy groups -OCH3 is 1. The number of hydrogen-bond donors (Lipinski definition) is 4. The van der Waals surface area contributed by atoms with E-state index in [9.17, 15) is 9.59 Å². The molecule has 1 saturated heterocycles. The molecule has 0 spiro atoms. The van der Waals surface area contributed by atoms with Crippen LogP contribution in [0, 0.1) is 0 Å². The quantitative estimate of drug-likeness (QED) is 0.180. The number of carbonyl (C=O) groups is 2. The molecular weight excluding hydrogens is 548 g/mol. The number of carboxylic acid groups (broad SMARTS) is 1.